The Bertz CT molecular complexity index is 561. The largest absolute Gasteiger partial charge is 0.486 e. The van der Waals surface area contributed by atoms with E-state index in [4.69, 9.17) is 9.84 Å². The van der Waals surface area contributed by atoms with Crippen LogP contribution in [0.15, 0.2) is 41.0 Å². The van der Waals surface area contributed by atoms with Gasteiger partial charge in [0.25, 0.3) is 0 Å². The number of hydrogen-bond acceptors (Lipinski definition) is 4. The lowest BCUT2D eigenvalue weighted by molar-refractivity contribution is 0.0688. The first-order valence-corrected chi connectivity index (χ1v) is 5.88. The number of carboxylic acid groups (broad SMARTS) is 1. The number of rotatable bonds is 4. The van der Waals surface area contributed by atoms with Gasteiger partial charge in [-0.2, -0.15) is 0 Å². The third-order valence-electron chi connectivity index (χ3n) is 2.11. The molecule has 0 saturated carbocycles. The molecule has 2 rings (SSSR count). The lowest BCUT2D eigenvalue weighted by Gasteiger charge is -2.05. The molecule has 92 valence electrons. The van der Waals surface area contributed by atoms with Crippen LogP contribution in [0.5, 0.6) is 5.75 Å². The summed E-state index contributed by atoms with van der Waals surface area (Å²) >= 11 is 3.08. The molecule has 0 radical (unpaired) electrons. The SMILES string of the molecule is O=C(O)c1nc(COc2ccccc2)ncc1Br. The first-order valence-electron chi connectivity index (χ1n) is 5.09. The first-order chi connectivity index (χ1) is 8.66. The Hall–Kier alpha value is -1.95. The predicted octanol–water partition coefficient (Wildman–Crippen LogP) is 2.52. The summed E-state index contributed by atoms with van der Waals surface area (Å²) < 4.78 is 5.78. The molecule has 0 bridgehead atoms. The third-order valence-corrected chi connectivity index (χ3v) is 2.69. The molecular weight excluding hydrogens is 300 g/mol. The summed E-state index contributed by atoms with van der Waals surface area (Å²) in [4.78, 5) is 18.8. The van der Waals surface area contributed by atoms with Gasteiger partial charge in [0.05, 0.1) is 4.47 Å². The molecule has 5 nitrogen and oxygen atoms in total. The van der Waals surface area contributed by atoms with Crippen LogP contribution in [0.1, 0.15) is 16.3 Å². The van der Waals surface area contributed by atoms with Crippen LogP contribution in [0.25, 0.3) is 0 Å². The average molecular weight is 309 g/mol. The maximum Gasteiger partial charge on any atom is 0.355 e. The van der Waals surface area contributed by atoms with Crippen LogP contribution < -0.4 is 4.74 Å². The summed E-state index contributed by atoms with van der Waals surface area (Å²) in [6, 6.07) is 9.18. The molecule has 1 N–H and O–H groups in total. The number of ether oxygens (including phenoxy) is 1. The zero-order chi connectivity index (χ0) is 13.0. The van der Waals surface area contributed by atoms with Gasteiger partial charge in [-0.05, 0) is 28.1 Å². The van der Waals surface area contributed by atoms with Crippen molar-refractivity contribution in [3.63, 3.8) is 0 Å². The quantitative estimate of drug-likeness (QED) is 0.939. The van der Waals surface area contributed by atoms with E-state index < -0.39 is 5.97 Å². The summed E-state index contributed by atoms with van der Waals surface area (Å²) in [5.74, 6) is -0.106. The minimum Gasteiger partial charge on any atom is -0.486 e. The molecule has 0 aliphatic carbocycles. The Morgan fingerprint density at radius 1 is 1.33 bits per heavy atom. The zero-order valence-electron chi connectivity index (χ0n) is 9.21. The Morgan fingerprint density at radius 2 is 2.06 bits per heavy atom. The van der Waals surface area contributed by atoms with Crippen molar-refractivity contribution in [1.29, 1.82) is 0 Å². The van der Waals surface area contributed by atoms with Gasteiger partial charge in [0.2, 0.25) is 0 Å². The van der Waals surface area contributed by atoms with Gasteiger partial charge in [0, 0.05) is 6.20 Å². The number of aromatic nitrogens is 2. The highest BCUT2D eigenvalue weighted by atomic mass is 79.9. The number of aromatic carboxylic acids is 1. The fourth-order valence-corrected chi connectivity index (χ4v) is 1.65. The Balaban J connectivity index is 2.11. The predicted molar refractivity (Wildman–Crippen MR) is 67.5 cm³/mol. The van der Waals surface area contributed by atoms with Crippen molar-refractivity contribution >= 4 is 21.9 Å². The minimum atomic E-state index is -1.11. The highest BCUT2D eigenvalue weighted by Gasteiger charge is 2.12. The lowest BCUT2D eigenvalue weighted by atomic mass is 10.3. The van der Waals surface area contributed by atoms with E-state index in [1.54, 1.807) is 12.1 Å². The average Bonchev–Trinajstić information content (AvgIpc) is 2.38. The number of carboxylic acids is 1. The molecule has 0 aliphatic rings. The standard InChI is InChI=1S/C12H9BrN2O3/c13-9-6-14-10(15-11(9)12(16)17)7-18-8-4-2-1-3-5-8/h1-6H,7H2,(H,16,17). The van der Waals surface area contributed by atoms with Crippen LogP contribution in [0, 0.1) is 0 Å². The van der Waals surface area contributed by atoms with Crippen LogP contribution in [0.2, 0.25) is 0 Å². The van der Waals surface area contributed by atoms with Gasteiger partial charge in [-0.3, -0.25) is 0 Å². The summed E-state index contributed by atoms with van der Waals surface area (Å²) in [5.41, 5.74) is -0.0725. The second-order valence-electron chi connectivity index (χ2n) is 3.39. The molecule has 6 heteroatoms. The fraction of sp³-hybridized carbons (Fsp3) is 0.0833. The van der Waals surface area contributed by atoms with E-state index in [9.17, 15) is 4.79 Å². The minimum absolute atomic E-state index is 0.0725. The van der Waals surface area contributed by atoms with Crippen LogP contribution in [-0.2, 0) is 6.61 Å². The van der Waals surface area contributed by atoms with E-state index in [-0.39, 0.29) is 12.3 Å². The van der Waals surface area contributed by atoms with Crippen molar-refractivity contribution < 1.29 is 14.6 Å². The Kier molecular flexibility index (Phi) is 3.88. The molecule has 18 heavy (non-hydrogen) atoms. The molecule has 2 aromatic rings. The van der Waals surface area contributed by atoms with E-state index in [0.717, 1.165) is 0 Å². The number of halogens is 1. The van der Waals surface area contributed by atoms with E-state index in [0.29, 0.717) is 16.0 Å². The van der Waals surface area contributed by atoms with Gasteiger partial charge in [0.15, 0.2) is 11.5 Å². The third kappa shape index (κ3) is 3.04. The molecule has 0 fully saturated rings. The topological polar surface area (TPSA) is 72.3 Å². The van der Waals surface area contributed by atoms with Crippen LogP contribution >= 0.6 is 15.9 Å². The fourth-order valence-electron chi connectivity index (χ4n) is 1.29. The summed E-state index contributed by atoms with van der Waals surface area (Å²) in [5, 5.41) is 8.91. The van der Waals surface area contributed by atoms with Crippen molar-refractivity contribution in [2.75, 3.05) is 0 Å². The molecule has 0 atom stereocenters. The molecule has 0 aliphatic heterocycles. The zero-order valence-corrected chi connectivity index (χ0v) is 10.8. The number of carbonyl (C=O) groups is 1. The monoisotopic (exact) mass is 308 g/mol. The van der Waals surface area contributed by atoms with E-state index in [2.05, 4.69) is 25.9 Å². The van der Waals surface area contributed by atoms with Gasteiger partial charge >= 0.3 is 5.97 Å². The molecule has 1 aromatic heterocycles. The van der Waals surface area contributed by atoms with Gasteiger partial charge in [0.1, 0.15) is 12.4 Å². The lowest BCUT2D eigenvalue weighted by Crippen LogP contribution is -2.08. The highest BCUT2D eigenvalue weighted by Crippen LogP contribution is 2.14. The molecule has 0 amide bonds. The first kappa shape index (κ1) is 12.5. The van der Waals surface area contributed by atoms with Crippen LogP contribution in [0.3, 0.4) is 0 Å². The number of benzene rings is 1. The number of para-hydroxylation sites is 1. The maximum atomic E-state index is 10.9. The summed E-state index contributed by atoms with van der Waals surface area (Å²) in [7, 11) is 0. The maximum absolute atomic E-state index is 10.9. The Morgan fingerprint density at radius 3 is 2.72 bits per heavy atom. The molecule has 1 aromatic carbocycles. The molecule has 1 heterocycles. The number of nitrogens with zero attached hydrogens (tertiary/aromatic N) is 2. The van der Waals surface area contributed by atoms with Crippen LogP contribution in [0.4, 0.5) is 0 Å². The number of hydrogen-bond donors (Lipinski definition) is 1. The van der Waals surface area contributed by atoms with Gasteiger partial charge < -0.3 is 9.84 Å². The van der Waals surface area contributed by atoms with Crippen molar-refractivity contribution in [3.8, 4) is 5.75 Å². The van der Waals surface area contributed by atoms with E-state index >= 15 is 0 Å². The molecule has 0 spiro atoms. The second kappa shape index (κ2) is 5.59. The molecule has 0 saturated heterocycles. The molecule has 0 unspecified atom stereocenters. The second-order valence-corrected chi connectivity index (χ2v) is 4.24. The van der Waals surface area contributed by atoms with E-state index in [1.165, 1.54) is 6.20 Å². The van der Waals surface area contributed by atoms with E-state index in [1.807, 2.05) is 18.2 Å². The van der Waals surface area contributed by atoms with Gasteiger partial charge in [-0.25, -0.2) is 14.8 Å². The van der Waals surface area contributed by atoms with Crippen molar-refractivity contribution in [1.82, 2.24) is 9.97 Å². The van der Waals surface area contributed by atoms with Crippen LogP contribution in [-0.4, -0.2) is 21.0 Å². The summed E-state index contributed by atoms with van der Waals surface area (Å²) in [6.45, 7) is 0.123. The normalized spacial score (nSPS) is 10.1. The Labute approximate surface area is 112 Å². The highest BCUT2D eigenvalue weighted by molar-refractivity contribution is 9.10. The molecular formula is C12H9BrN2O3. The van der Waals surface area contributed by atoms with Crippen molar-refractivity contribution in [2.45, 2.75) is 6.61 Å². The smallest absolute Gasteiger partial charge is 0.355 e. The van der Waals surface area contributed by atoms with Gasteiger partial charge in [-0.15, -0.1) is 0 Å². The summed E-state index contributed by atoms with van der Waals surface area (Å²) in [6.07, 6.45) is 1.40. The van der Waals surface area contributed by atoms with Crippen molar-refractivity contribution in [3.05, 3.63) is 52.5 Å². The van der Waals surface area contributed by atoms with Crippen molar-refractivity contribution in [2.24, 2.45) is 0 Å². The van der Waals surface area contributed by atoms with Gasteiger partial charge in [-0.1, -0.05) is 18.2 Å².